The lowest BCUT2D eigenvalue weighted by Crippen LogP contribution is -2.43. The van der Waals surface area contributed by atoms with Crippen molar-refractivity contribution in [2.24, 2.45) is 0 Å². The van der Waals surface area contributed by atoms with Gasteiger partial charge in [-0.25, -0.2) is 4.79 Å². The first kappa shape index (κ1) is 16.5. The molecule has 138 valence electrons. The van der Waals surface area contributed by atoms with Gasteiger partial charge in [-0.1, -0.05) is 5.10 Å². The van der Waals surface area contributed by atoms with Crippen molar-refractivity contribution < 1.29 is 26.5 Å². The molecule has 0 radical (unpaired) electrons. The van der Waals surface area contributed by atoms with Crippen molar-refractivity contribution in [1.82, 2.24) is 25.5 Å². The van der Waals surface area contributed by atoms with Gasteiger partial charge in [0.05, 0.1) is 6.04 Å². The van der Waals surface area contributed by atoms with Crippen LogP contribution >= 0.6 is 0 Å². The summed E-state index contributed by atoms with van der Waals surface area (Å²) < 4.78 is 40.8. The van der Waals surface area contributed by atoms with Gasteiger partial charge in [-0.3, -0.25) is 4.55 Å². The summed E-state index contributed by atoms with van der Waals surface area (Å²) >= 11 is 0. The fraction of sp³-hybridized carbons (Fsp3) is 0.750. The average Bonchev–Trinajstić information content (AvgIpc) is 3.16. The van der Waals surface area contributed by atoms with Crippen LogP contribution in [0.25, 0.3) is 0 Å². The SMILES string of the molecule is O=C1N2CC(CCC2c2nnc(N3CCNCC3)o2)N1OS(=O)(=O)O. The summed E-state index contributed by atoms with van der Waals surface area (Å²) in [6.07, 6.45) is 1.03. The minimum Gasteiger partial charge on any atom is -0.406 e. The van der Waals surface area contributed by atoms with E-state index in [-0.39, 0.29) is 6.54 Å². The Labute approximate surface area is 143 Å². The third-order valence-electron chi connectivity index (χ3n) is 4.60. The summed E-state index contributed by atoms with van der Waals surface area (Å²) in [6, 6.07) is -1.12. The van der Waals surface area contributed by atoms with Gasteiger partial charge < -0.3 is 19.5 Å². The molecule has 1 aromatic rings. The zero-order chi connectivity index (χ0) is 17.6. The average molecular weight is 374 g/mol. The molecule has 2 amide bonds. The predicted octanol–water partition coefficient (Wildman–Crippen LogP) is -0.845. The predicted molar refractivity (Wildman–Crippen MR) is 81.7 cm³/mol. The van der Waals surface area contributed by atoms with Crippen LogP contribution in [0.1, 0.15) is 24.8 Å². The maximum Gasteiger partial charge on any atom is 0.418 e. The van der Waals surface area contributed by atoms with E-state index in [0.717, 1.165) is 26.2 Å². The lowest BCUT2D eigenvalue weighted by molar-refractivity contribution is -0.0317. The number of piperazine rings is 1. The van der Waals surface area contributed by atoms with Gasteiger partial charge in [0.1, 0.15) is 6.04 Å². The van der Waals surface area contributed by atoms with E-state index >= 15 is 0 Å². The van der Waals surface area contributed by atoms with Crippen LogP contribution < -0.4 is 10.2 Å². The Kier molecular flexibility index (Phi) is 4.02. The van der Waals surface area contributed by atoms with Crippen LogP contribution in [0.4, 0.5) is 10.8 Å². The highest BCUT2D eigenvalue weighted by Gasteiger charge is 2.49. The van der Waals surface area contributed by atoms with Crippen LogP contribution in [0.15, 0.2) is 4.42 Å². The largest absolute Gasteiger partial charge is 0.418 e. The number of hydrogen-bond acceptors (Lipinski definition) is 9. The second kappa shape index (κ2) is 6.09. The third-order valence-corrected chi connectivity index (χ3v) is 4.95. The summed E-state index contributed by atoms with van der Waals surface area (Å²) in [7, 11) is -4.76. The number of rotatable bonds is 4. The lowest BCUT2D eigenvalue weighted by atomic mass is 10.0. The maximum atomic E-state index is 12.4. The number of nitrogens with zero attached hydrogens (tertiary/aromatic N) is 5. The standard InChI is InChI=1S/C12H18N6O6S/c19-12-17-7-8(18(12)24-25(20,21)22)1-2-9(17)10-14-15-11(23-10)16-5-3-13-4-6-16/h8-9,13H,1-7H2,(H,20,21,22). The summed E-state index contributed by atoms with van der Waals surface area (Å²) in [6.45, 7) is 3.44. The van der Waals surface area contributed by atoms with E-state index in [1.165, 1.54) is 4.90 Å². The number of carbonyl (C=O) groups is 1. The van der Waals surface area contributed by atoms with Crippen LogP contribution in [0, 0.1) is 0 Å². The molecule has 2 atom stereocenters. The molecule has 4 heterocycles. The first-order valence-electron chi connectivity index (χ1n) is 7.98. The Morgan fingerprint density at radius 1 is 1.24 bits per heavy atom. The Morgan fingerprint density at radius 3 is 2.72 bits per heavy atom. The van der Waals surface area contributed by atoms with Crippen LogP contribution in [0.5, 0.6) is 0 Å². The highest BCUT2D eigenvalue weighted by atomic mass is 32.3. The Balaban J connectivity index is 1.51. The van der Waals surface area contributed by atoms with E-state index < -0.39 is 28.5 Å². The number of hydroxylamine groups is 2. The summed E-state index contributed by atoms with van der Waals surface area (Å²) in [4.78, 5) is 15.8. The fourth-order valence-electron chi connectivity index (χ4n) is 3.43. The van der Waals surface area contributed by atoms with E-state index in [0.29, 0.717) is 29.8 Å². The number of piperidine rings is 1. The van der Waals surface area contributed by atoms with Crippen LogP contribution in [0.2, 0.25) is 0 Å². The number of urea groups is 1. The smallest absolute Gasteiger partial charge is 0.406 e. The van der Waals surface area contributed by atoms with Crippen LogP contribution in [0.3, 0.4) is 0 Å². The Morgan fingerprint density at radius 2 is 2.00 bits per heavy atom. The van der Waals surface area contributed by atoms with Crippen molar-refractivity contribution in [2.45, 2.75) is 24.9 Å². The summed E-state index contributed by atoms with van der Waals surface area (Å²) in [5.74, 6) is 0.314. The maximum absolute atomic E-state index is 12.4. The molecule has 3 fully saturated rings. The molecule has 1 aromatic heterocycles. The number of hydrogen-bond donors (Lipinski definition) is 2. The van der Waals surface area contributed by atoms with E-state index in [9.17, 15) is 13.2 Å². The van der Waals surface area contributed by atoms with Gasteiger partial charge in [0.2, 0.25) is 5.89 Å². The number of anilines is 1. The molecule has 3 saturated heterocycles. The number of aromatic nitrogens is 2. The van der Waals surface area contributed by atoms with Gasteiger partial charge in [-0.2, -0.15) is 13.5 Å². The molecule has 13 heteroatoms. The van der Waals surface area contributed by atoms with Gasteiger partial charge in [-0.15, -0.1) is 9.38 Å². The van der Waals surface area contributed by atoms with Crippen molar-refractivity contribution in [2.75, 3.05) is 37.6 Å². The zero-order valence-electron chi connectivity index (χ0n) is 13.2. The molecular weight excluding hydrogens is 356 g/mol. The van der Waals surface area contributed by atoms with Gasteiger partial charge in [0, 0.05) is 32.7 Å². The molecule has 2 N–H and O–H groups in total. The quantitative estimate of drug-likeness (QED) is 0.640. The molecule has 0 saturated carbocycles. The number of fused-ring (bicyclic) bond motifs is 2. The lowest BCUT2D eigenvalue weighted by Gasteiger charge is -2.28. The van der Waals surface area contributed by atoms with Crippen molar-refractivity contribution in [3.8, 4) is 0 Å². The van der Waals surface area contributed by atoms with Gasteiger partial charge in [0.15, 0.2) is 0 Å². The Bertz CT molecular complexity index is 762. The van der Waals surface area contributed by atoms with Gasteiger partial charge in [0.25, 0.3) is 0 Å². The molecule has 2 bridgehead atoms. The molecule has 25 heavy (non-hydrogen) atoms. The molecular formula is C12H18N6O6S. The van der Waals surface area contributed by atoms with E-state index in [4.69, 9.17) is 8.97 Å². The highest BCUT2D eigenvalue weighted by Crippen LogP contribution is 2.38. The van der Waals surface area contributed by atoms with E-state index in [1.54, 1.807) is 0 Å². The zero-order valence-corrected chi connectivity index (χ0v) is 14.1. The van der Waals surface area contributed by atoms with Crippen LogP contribution in [-0.4, -0.2) is 77.9 Å². The minimum atomic E-state index is -4.76. The van der Waals surface area contributed by atoms with Gasteiger partial charge in [-0.05, 0) is 12.8 Å². The highest BCUT2D eigenvalue weighted by molar-refractivity contribution is 7.80. The molecule has 3 aliphatic rings. The van der Waals surface area contributed by atoms with Crippen molar-refractivity contribution in [3.63, 3.8) is 0 Å². The molecule has 0 aliphatic carbocycles. The number of amides is 2. The first-order chi connectivity index (χ1) is 11.9. The minimum absolute atomic E-state index is 0.268. The monoisotopic (exact) mass is 374 g/mol. The second-order valence-electron chi connectivity index (χ2n) is 6.17. The van der Waals surface area contributed by atoms with Crippen LogP contribution in [-0.2, 0) is 14.7 Å². The summed E-state index contributed by atoms with van der Waals surface area (Å²) in [5.41, 5.74) is 0. The van der Waals surface area contributed by atoms with E-state index in [1.807, 2.05) is 4.90 Å². The number of carbonyl (C=O) groups excluding carboxylic acids is 1. The molecule has 2 unspecified atom stereocenters. The second-order valence-corrected chi connectivity index (χ2v) is 7.17. The normalized spacial score (nSPS) is 27.2. The van der Waals surface area contributed by atoms with Gasteiger partial charge >= 0.3 is 22.4 Å². The third kappa shape index (κ3) is 3.15. The molecule has 0 aromatic carbocycles. The van der Waals surface area contributed by atoms with E-state index in [2.05, 4.69) is 19.8 Å². The molecule has 12 nitrogen and oxygen atoms in total. The topological polar surface area (TPSA) is 141 Å². The fourth-order valence-corrected chi connectivity index (χ4v) is 3.82. The Hall–Kier alpha value is -1.96. The van der Waals surface area contributed by atoms with Crippen molar-refractivity contribution in [3.05, 3.63) is 5.89 Å². The molecule has 4 rings (SSSR count). The van der Waals surface area contributed by atoms with Crippen molar-refractivity contribution >= 4 is 22.4 Å². The first-order valence-corrected chi connectivity index (χ1v) is 9.35. The van der Waals surface area contributed by atoms with Crippen molar-refractivity contribution in [1.29, 1.82) is 0 Å². The molecule has 0 spiro atoms. The number of nitrogens with one attached hydrogen (secondary N) is 1. The summed E-state index contributed by atoms with van der Waals surface area (Å²) in [5, 5.41) is 12.1. The molecule has 3 aliphatic heterocycles.